The smallest absolute Gasteiger partial charge is 0.269 e. The molecule has 2 amide bonds. The van der Waals surface area contributed by atoms with Crippen LogP contribution in [0.5, 0.6) is 0 Å². The fourth-order valence-electron chi connectivity index (χ4n) is 1.25. The van der Waals surface area contributed by atoms with E-state index in [0.717, 1.165) is 0 Å². The van der Waals surface area contributed by atoms with Crippen LogP contribution in [0.15, 0.2) is 24.3 Å². The molecule has 0 aliphatic carbocycles. The molecule has 1 aromatic rings. The Hall–Kier alpha value is -2.44. The Balaban J connectivity index is 2.65. The second-order valence-electron chi connectivity index (χ2n) is 4.60. The Labute approximate surface area is 109 Å². The summed E-state index contributed by atoms with van der Waals surface area (Å²) in [5.74, 6) is -1.20. The van der Waals surface area contributed by atoms with E-state index in [-0.39, 0.29) is 12.2 Å². The highest BCUT2D eigenvalue weighted by molar-refractivity contribution is 6.03. The van der Waals surface area contributed by atoms with Gasteiger partial charge in [-0.05, 0) is 19.4 Å². The number of non-ortho nitro benzene ring substituents is 1. The van der Waals surface area contributed by atoms with E-state index >= 15 is 0 Å². The Morgan fingerprint density at radius 2 is 1.84 bits per heavy atom. The molecule has 0 saturated heterocycles. The molecule has 102 valence electrons. The first-order chi connectivity index (χ1) is 8.75. The Morgan fingerprint density at radius 3 is 2.26 bits per heavy atom. The third kappa shape index (κ3) is 3.51. The summed E-state index contributed by atoms with van der Waals surface area (Å²) in [5.41, 5.74) is 4.50. The van der Waals surface area contributed by atoms with E-state index in [0.29, 0.717) is 5.56 Å². The van der Waals surface area contributed by atoms with Crippen LogP contribution in [0.3, 0.4) is 0 Å². The van der Waals surface area contributed by atoms with Gasteiger partial charge in [0.05, 0.1) is 4.92 Å². The van der Waals surface area contributed by atoms with E-state index in [1.165, 1.54) is 38.1 Å². The van der Waals surface area contributed by atoms with Crippen LogP contribution in [0.2, 0.25) is 0 Å². The normalized spacial score (nSPS) is 10.8. The molecule has 0 unspecified atom stereocenters. The topological polar surface area (TPSA) is 115 Å². The van der Waals surface area contributed by atoms with Gasteiger partial charge in [-0.15, -0.1) is 0 Å². The van der Waals surface area contributed by atoms with Crippen LogP contribution < -0.4 is 11.1 Å². The van der Waals surface area contributed by atoms with Gasteiger partial charge in [0.1, 0.15) is 5.41 Å². The first kappa shape index (κ1) is 14.6. The molecule has 0 radical (unpaired) electrons. The highest BCUT2D eigenvalue weighted by Gasteiger charge is 2.33. The minimum Gasteiger partial charge on any atom is -0.369 e. The van der Waals surface area contributed by atoms with E-state index in [9.17, 15) is 19.7 Å². The number of carbonyl (C=O) groups is 2. The highest BCUT2D eigenvalue weighted by atomic mass is 16.6. The van der Waals surface area contributed by atoms with Crippen molar-refractivity contribution in [2.45, 2.75) is 20.4 Å². The van der Waals surface area contributed by atoms with Gasteiger partial charge in [0, 0.05) is 18.7 Å². The molecule has 0 aliphatic heterocycles. The van der Waals surface area contributed by atoms with Gasteiger partial charge >= 0.3 is 0 Å². The number of nitrogens with zero attached hydrogens (tertiary/aromatic N) is 1. The summed E-state index contributed by atoms with van der Waals surface area (Å²) in [6.45, 7) is 3.04. The number of hydrogen-bond acceptors (Lipinski definition) is 4. The molecular formula is C12H15N3O4. The van der Waals surface area contributed by atoms with Gasteiger partial charge in [-0.2, -0.15) is 0 Å². The Bertz CT molecular complexity index is 508. The largest absolute Gasteiger partial charge is 0.369 e. The van der Waals surface area contributed by atoms with Crippen molar-refractivity contribution in [3.8, 4) is 0 Å². The van der Waals surface area contributed by atoms with Crippen molar-refractivity contribution in [2.24, 2.45) is 11.1 Å². The lowest BCUT2D eigenvalue weighted by atomic mass is 9.91. The van der Waals surface area contributed by atoms with Crippen molar-refractivity contribution < 1.29 is 14.5 Å². The lowest BCUT2D eigenvalue weighted by Gasteiger charge is -2.19. The summed E-state index contributed by atoms with van der Waals surface area (Å²) in [5, 5.41) is 13.0. The molecule has 0 saturated carbocycles. The predicted octanol–water partition coefficient (Wildman–Crippen LogP) is 0.722. The number of nitrogens with two attached hydrogens (primary N) is 1. The van der Waals surface area contributed by atoms with Crippen LogP contribution in [0.1, 0.15) is 19.4 Å². The standard InChI is InChI=1S/C12H15N3O4/c1-12(2,10(13)16)11(17)14-7-8-3-5-9(6-4-8)15(18)19/h3-6H,7H2,1-2H3,(H2,13,16)(H,14,17). The van der Waals surface area contributed by atoms with Crippen molar-refractivity contribution in [3.05, 3.63) is 39.9 Å². The fourth-order valence-corrected chi connectivity index (χ4v) is 1.25. The summed E-state index contributed by atoms with van der Waals surface area (Å²) in [7, 11) is 0. The van der Waals surface area contributed by atoms with Gasteiger partial charge in [-0.3, -0.25) is 19.7 Å². The lowest BCUT2D eigenvalue weighted by Crippen LogP contribution is -2.45. The molecule has 0 heterocycles. The van der Waals surface area contributed by atoms with Gasteiger partial charge in [-0.25, -0.2) is 0 Å². The number of nitrogens with one attached hydrogen (secondary N) is 1. The summed E-state index contributed by atoms with van der Waals surface area (Å²) in [4.78, 5) is 32.8. The van der Waals surface area contributed by atoms with Gasteiger partial charge in [0.2, 0.25) is 11.8 Å². The number of primary amides is 1. The maximum atomic E-state index is 11.7. The molecule has 1 aromatic carbocycles. The van der Waals surface area contributed by atoms with Crippen LogP contribution in [0.4, 0.5) is 5.69 Å². The molecule has 3 N–H and O–H groups in total. The summed E-state index contributed by atoms with van der Waals surface area (Å²) in [6.07, 6.45) is 0. The third-order valence-corrected chi connectivity index (χ3v) is 2.78. The van der Waals surface area contributed by atoms with Crippen LogP contribution in [0, 0.1) is 15.5 Å². The van der Waals surface area contributed by atoms with Gasteiger partial charge in [0.25, 0.3) is 5.69 Å². The van der Waals surface area contributed by atoms with Crippen molar-refractivity contribution in [1.29, 1.82) is 0 Å². The molecule has 0 aliphatic rings. The maximum Gasteiger partial charge on any atom is 0.269 e. The average Bonchev–Trinajstić information content (AvgIpc) is 2.36. The monoisotopic (exact) mass is 265 g/mol. The molecule has 19 heavy (non-hydrogen) atoms. The molecule has 0 spiro atoms. The molecule has 0 fully saturated rings. The second kappa shape index (κ2) is 5.47. The number of amides is 2. The van der Waals surface area contributed by atoms with Crippen molar-refractivity contribution in [3.63, 3.8) is 0 Å². The number of hydrogen-bond donors (Lipinski definition) is 2. The minimum atomic E-state index is -1.29. The van der Waals surface area contributed by atoms with E-state index in [1.807, 2.05) is 0 Å². The zero-order chi connectivity index (χ0) is 14.6. The highest BCUT2D eigenvalue weighted by Crippen LogP contribution is 2.15. The number of carbonyl (C=O) groups excluding carboxylic acids is 2. The van der Waals surface area contributed by atoms with Crippen molar-refractivity contribution in [2.75, 3.05) is 0 Å². The van der Waals surface area contributed by atoms with E-state index in [1.54, 1.807) is 0 Å². The third-order valence-electron chi connectivity index (χ3n) is 2.78. The van der Waals surface area contributed by atoms with Gasteiger partial charge < -0.3 is 11.1 Å². The molecule has 0 atom stereocenters. The number of rotatable bonds is 5. The van der Waals surface area contributed by atoms with E-state index < -0.39 is 22.2 Å². The Morgan fingerprint density at radius 1 is 1.32 bits per heavy atom. The van der Waals surface area contributed by atoms with Crippen molar-refractivity contribution >= 4 is 17.5 Å². The lowest BCUT2D eigenvalue weighted by molar-refractivity contribution is -0.384. The maximum absolute atomic E-state index is 11.7. The van der Waals surface area contributed by atoms with Crippen LogP contribution >= 0.6 is 0 Å². The quantitative estimate of drug-likeness (QED) is 0.463. The van der Waals surface area contributed by atoms with Crippen LogP contribution in [-0.4, -0.2) is 16.7 Å². The van der Waals surface area contributed by atoms with E-state index in [4.69, 9.17) is 5.73 Å². The Kier molecular flexibility index (Phi) is 4.21. The number of benzene rings is 1. The summed E-state index contributed by atoms with van der Waals surface area (Å²) >= 11 is 0. The fraction of sp³-hybridized carbons (Fsp3) is 0.333. The zero-order valence-electron chi connectivity index (χ0n) is 10.7. The molecular weight excluding hydrogens is 250 g/mol. The summed E-state index contributed by atoms with van der Waals surface area (Å²) < 4.78 is 0. The molecule has 0 aromatic heterocycles. The zero-order valence-corrected chi connectivity index (χ0v) is 10.7. The van der Waals surface area contributed by atoms with Gasteiger partial charge in [-0.1, -0.05) is 12.1 Å². The molecule has 0 bridgehead atoms. The molecule has 7 heteroatoms. The molecule has 1 rings (SSSR count). The number of nitro benzene ring substituents is 1. The van der Waals surface area contributed by atoms with E-state index in [2.05, 4.69) is 5.32 Å². The first-order valence-electron chi connectivity index (χ1n) is 5.56. The first-order valence-corrected chi connectivity index (χ1v) is 5.56. The number of nitro groups is 1. The van der Waals surface area contributed by atoms with Crippen LogP contribution in [0.25, 0.3) is 0 Å². The van der Waals surface area contributed by atoms with Crippen molar-refractivity contribution in [1.82, 2.24) is 5.32 Å². The van der Waals surface area contributed by atoms with Gasteiger partial charge in [0.15, 0.2) is 0 Å². The predicted molar refractivity (Wildman–Crippen MR) is 67.9 cm³/mol. The van der Waals surface area contributed by atoms with Crippen LogP contribution in [-0.2, 0) is 16.1 Å². The molecule has 7 nitrogen and oxygen atoms in total. The average molecular weight is 265 g/mol. The second-order valence-corrected chi connectivity index (χ2v) is 4.60. The minimum absolute atomic E-state index is 0.0208. The summed E-state index contributed by atoms with van der Waals surface area (Å²) in [6, 6.07) is 5.77. The SMILES string of the molecule is CC(C)(C(N)=O)C(=O)NCc1ccc([N+](=O)[O-])cc1.